The summed E-state index contributed by atoms with van der Waals surface area (Å²) in [7, 11) is 1.57. The van der Waals surface area contributed by atoms with Gasteiger partial charge in [0.2, 0.25) is 5.89 Å². The van der Waals surface area contributed by atoms with E-state index in [0.717, 1.165) is 25.7 Å². The van der Waals surface area contributed by atoms with E-state index in [0.29, 0.717) is 35.3 Å². The lowest BCUT2D eigenvalue weighted by molar-refractivity contribution is 0.0728. The van der Waals surface area contributed by atoms with Gasteiger partial charge in [0, 0.05) is 30.6 Å². The van der Waals surface area contributed by atoms with E-state index in [1.54, 1.807) is 36.2 Å². The van der Waals surface area contributed by atoms with E-state index in [-0.39, 0.29) is 17.9 Å². The molecule has 1 saturated carbocycles. The molecule has 0 radical (unpaired) electrons. The molecule has 2 amide bonds. The molecule has 1 aliphatic heterocycles. The lowest BCUT2D eigenvalue weighted by Gasteiger charge is -2.22. The number of carbonyl (C=O) groups is 2. The van der Waals surface area contributed by atoms with E-state index >= 15 is 0 Å². The van der Waals surface area contributed by atoms with Gasteiger partial charge in [-0.3, -0.25) is 9.59 Å². The van der Waals surface area contributed by atoms with Crippen molar-refractivity contribution in [3.63, 3.8) is 0 Å². The van der Waals surface area contributed by atoms with Crippen LogP contribution in [0, 0.1) is 0 Å². The van der Waals surface area contributed by atoms with E-state index in [9.17, 15) is 9.59 Å². The molecule has 1 N–H and O–H groups in total. The molecule has 2 fully saturated rings. The first-order valence-electron chi connectivity index (χ1n) is 8.64. The number of amides is 2. The van der Waals surface area contributed by atoms with Crippen molar-refractivity contribution in [1.29, 1.82) is 0 Å². The standard InChI is InChI=1S/C18H20N4O3/c1-19-16(23)12-4-2-5-13(10-12)18(24)22-9-3-6-14(22)15-20-17(25-21-15)11-7-8-11/h2,4-5,10-11,14H,3,6-9H2,1H3,(H,19,23)/t14-/m1/s1. The van der Waals surface area contributed by atoms with Crippen molar-refractivity contribution in [2.75, 3.05) is 13.6 Å². The fourth-order valence-corrected chi connectivity index (χ4v) is 3.26. The highest BCUT2D eigenvalue weighted by molar-refractivity contribution is 5.99. The topological polar surface area (TPSA) is 88.3 Å². The monoisotopic (exact) mass is 340 g/mol. The van der Waals surface area contributed by atoms with Crippen molar-refractivity contribution < 1.29 is 14.1 Å². The number of nitrogens with one attached hydrogen (secondary N) is 1. The zero-order valence-corrected chi connectivity index (χ0v) is 14.1. The summed E-state index contributed by atoms with van der Waals surface area (Å²) in [6.45, 7) is 0.654. The minimum atomic E-state index is -0.208. The molecule has 1 aromatic carbocycles. The molecular formula is C18H20N4O3. The summed E-state index contributed by atoms with van der Waals surface area (Å²) < 4.78 is 5.35. The SMILES string of the molecule is CNC(=O)c1cccc(C(=O)N2CCC[C@@H]2c2noc(C3CC3)n2)c1. The Morgan fingerprint density at radius 3 is 2.80 bits per heavy atom. The van der Waals surface area contributed by atoms with Gasteiger partial charge >= 0.3 is 0 Å². The molecule has 0 unspecified atom stereocenters. The highest BCUT2D eigenvalue weighted by Crippen LogP contribution is 2.40. The van der Waals surface area contributed by atoms with Gasteiger partial charge in [0.25, 0.3) is 11.8 Å². The molecular weight excluding hydrogens is 320 g/mol. The summed E-state index contributed by atoms with van der Waals surface area (Å²) in [6.07, 6.45) is 3.92. The van der Waals surface area contributed by atoms with Crippen molar-refractivity contribution >= 4 is 11.8 Å². The number of rotatable bonds is 4. The smallest absolute Gasteiger partial charge is 0.254 e. The van der Waals surface area contributed by atoms with Gasteiger partial charge in [0.05, 0.1) is 6.04 Å². The molecule has 0 spiro atoms. The number of aromatic nitrogens is 2. The maximum Gasteiger partial charge on any atom is 0.254 e. The largest absolute Gasteiger partial charge is 0.355 e. The van der Waals surface area contributed by atoms with Crippen LogP contribution in [0.3, 0.4) is 0 Å². The molecule has 1 aliphatic carbocycles. The van der Waals surface area contributed by atoms with Gasteiger partial charge in [0.15, 0.2) is 5.82 Å². The molecule has 2 heterocycles. The Kier molecular flexibility index (Phi) is 3.99. The Balaban J connectivity index is 1.56. The van der Waals surface area contributed by atoms with Crippen molar-refractivity contribution in [3.8, 4) is 0 Å². The van der Waals surface area contributed by atoms with Crippen molar-refractivity contribution in [3.05, 3.63) is 47.1 Å². The summed E-state index contributed by atoms with van der Waals surface area (Å²) in [4.78, 5) is 31.0. The van der Waals surface area contributed by atoms with Crippen LogP contribution in [0.5, 0.6) is 0 Å². The lowest BCUT2D eigenvalue weighted by atomic mass is 10.1. The average molecular weight is 340 g/mol. The average Bonchev–Trinajstić information content (AvgIpc) is 3.19. The van der Waals surface area contributed by atoms with Crippen molar-refractivity contribution in [2.24, 2.45) is 0 Å². The maximum atomic E-state index is 13.0. The number of hydrogen-bond donors (Lipinski definition) is 1. The van der Waals surface area contributed by atoms with E-state index in [1.807, 2.05) is 0 Å². The number of likely N-dealkylation sites (tertiary alicyclic amines) is 1. The number of benzene rings is 1. The zero-order valence-electron chi connectivity index (χ0n) is 14.1. The highest BCUT2D eigenvalue weighted by atomic mass is 16.5. The fraction of sp³-hybridized carbons (Fsp3) is 0.444. The molecule has 1 aromatic heterocycles. The van der Waals surface area contributed by atoms with Crippen molar-refractivity contribution in [1.82, 2.24) is 20.4 Å². The molecule has 0 bridgehead atoms. The highest BCUT2D eigenvalue weighted by Gasteiger charge is 2.36. The molecule has 4 rings (SSSR count). The Morgan fingerprint density at radius 1 is 1.24 bits per heavy atom. The third-order valence-corrected chi connectivity index (χ3v) is 4.79. The molecule has 1 saturated heterocycles. The van der Waals surface area contributed by atoms with Crippen LogP contribution in [0.4, 0.5) is 0 Å². The third kappa shape index (κ3) is 3.01. The van der Waals surface area contributed by atoms with Crippen LogP contribution in [0.1, 0.15) is 70.1 Å². The van der Waals surface area contributed by atoms with Gasteiger partial charge in [-0.15, -0.1) is 0 Å². The Labute approximate surface area is 145 Å². The summed E-state index contributed by atoms with van der Waals surface area (Å²) >= 11 is 0. The summed E-state index contributed by atoms with van der Waals surface area (Å²) in [5, 5.41) is 6.68. The number of carbonyl (C=O) groups excluding carboxylic acids is 2. The van der Waals surface area contributed by atoms with E-state index in [2.05, 4.69) is 15.5 Å². The van der Waals surface area contributed by atoms with E-state index < -0.39 is 0 Å². The lowest BCUT2D eigenvalue weighted by Crippen LogP contribution is -2.31. The Bertz CT molecular complexity index is 812. The quantitative estimate of drug-likeness (QED) is 0.922. The number of hydrogen-bond acceptors (Lipinski definition) is 5. The molecule has 7 heteroatoms. The summed E-state index contributed by atoms with van der Waals surface area (Å²) in [6, 6.07) is 6.62. The molecule has 25 heavy (non-hydrogen) atoms. The predicted molar refractivity (Wildman–Crippen MR) is 89.1 cm³/mol. The van der Waals surface area contributed by atoms with Gasteiger partial charge in [-0.25, -0.2) is 0 Å². The van der Waals surface area contributed by atoms with Crippen LogP contribution >= 0.6 is 0 Å². The zero-order chi connectivity index (χ0) is 17.4. The Morgan fingerprint density at radius 2 is 2.04 bits per heavy atom. The van der Waals surface area contributed by atoms with Gasteiger partial charge in [0.1, 0.15) is 0 Å². The summed E-state index contributed by atoms with van der Waals surface area (Å²) in [5.41, 5.74) is 0.971. The van der Waals surface area contributed by atoms with Gasteiger partial charge in [-0.05, 0) is 43.9 Å². The molecule has 7 nitrogen and oxygen atoms in total. The van der Waals surface area contributed by atoms with Crippen LogP contribution in [0.25, 0.3) is 0 Å². The van der Waals surface area contributed by atoms with Crippen LogP contribution in [-0.2, 0) is 0 Å². The number of nitrogens with zero attached hydrogens (tertiary/aromatic N) is 3. The first-order chi connectivity index (χ1) is 12.2. The first-order valence-corrected chi connectivity index (χ1v) is 8.64. The minimum Gasteiger partial charge on any atom is -0.355 e. The van der Waals surface area contributed by atoms with Gasteiger partial charge < -0.3 is 14.7 Å². The maximum absolute atomic E-state index is 13.0. The van der Waals surface area contributed by atoms with E-state index in [4.69, 9.17) is 4.52 Å². The predicted octanol–water partition coefficient (Wildman–Crippen LogP) is 2.28. The van der Waals surface area contributed by atoms with Crippen molar-refractivity contribution in [2.45, 2.75) is 37.6 Å². The molecule has 130 valence electrons. The van der Waals surface area contributed by atoms with Crippen LogP contribution in [0.2, 0.25) is 0 Å². The van der Waals surface area contributed by atoms with Crippen LogP contribution in [-0.4, -0.2) is 40.4 Å². The van der Waals surface area contributed by atoms with Gasteiger partial charge in [-0.1, -0.05) is 11.2 Å². The molecule has 2 aromatic rings. The third-order valence-electron chi connectivity index (χ3n) is 4.79. The first kappa shape index (κ1) is 15.8. The summed E-state index contributed by atoms with van der Waals surface area (Å²) in [5.74, 6) is 1.37. The molecule has 1 atom stereocenters. The van der Waals surface area contributed by atoms with Gasteiger partial charge in [-0.2, -0.15) is 4.98 Å². The van der Waals surface area contributed by atoms with E-state index in [1.165, 1.54) is 0 Å². The Hall–Kier alpha value is -2.70. The fourth-order valence-electron chi connectivity index (χ4n) is 3.26. The second-order valence-corrected chi connectivity index (χ2v) is 6.58. The van der Waals surface area contributed by atoms with Crippen LogP contribution in [0.15, 0.2) is 28.8 Å². The van der Waals surface area contributed by atoms with Crippen LogP contribution < -0.4 is 5.32 Å². The molecule has 2 aliphatic rings. The second kappa shape index (κ2) is 6.31. The normalized spacial score (nSPS) is 19.9. The second-order valence-electron chi connectivity index (χ2n) is 6.58. The minimum absolute atomic E-state index is 0.106.